The standard InChI is InChI=1S/C19H13BrN2O3/c20-18-4-2-1-3-17(18)19(23)21-15-9-5-13(6-10-15)14-7-11-16(12-8-14)22(24)25/h1-12H,(H,21,23). The van der Waals surface area contributed by atoms with Gasteiger partial charge in [0.15, 0.2) is 0 Å². The molecule has 25 heavy (non-hydrogen) atoms. The van der Waals surface area contributed by atoms with Gasteiger partial charge in [0.25, 0.3) is 11.6 Å². The van der Waals surface area contributed by atoms with E-state index in [9.17, 15) is 14.9 Å². The molecule has 0 atom stereocenters. The molecule has 0 saturated heterocycles. The summed E-state index contributed by atoms with van der Waals surface area (Å²) in [6.45, 7) is 0. The molecule has 3 rings (SSSR count). The Balaban J connectivity index is 1.75. The van der Waals surface area contributed by atoms with Gasteiger partial charge in [-0.1, -0.05) is 24.3 Å². The minimum atomic E-state index is -0.426. The number of hydrogen-bond donors (Lipinski definition) is 1. The maximum Gasteiger partial charge on any atom is 0.269 e. The fourth-order valence-electron chi connectivity index (χ4n) is 2.37. The number of anilines is 1. The molecule has 1 N–H and O–H groups in total. The molecule has 5 nitrogen and oxygen atoms in total. The second-order valence-electron chi connectivity index (χ2n) is 5.32. The lowest BCUT2D eigenvalue weighted by Crippen LogP contribution is -2.12. The molecule has 0 unspecified atom stereocenters. The number of non-ortho nitro benzene ring substituents is 1. The lowest BCUT2D eigenvalue weighted by molar-refractivity contribution is -0.384. The molecule has 0 aliphatic rings. The molecule has 0 fully saturated rings. The number of nitro groups is 1. The second-order valence-corrected chi connectivity index (χ2v) is 6.17. The van der Waals surface area contributed by atoms with Crippen LogP contribution >= 0.6 is 15.9 Å². The van der Waals surface area contributed by atoms with Crippen molar-refractivity contribution in [3.05, 3.63) is 92.9 Å². The monoisotopic (exact) mass is 396 g/mol. The first-order chi connectivity index (χ1) is 12.0. The third-order valence-corrected chi connectivity index (χ3v) is 4.36. The summed E-state index contributed by atoms with van der Waals surface area (Å²) in [7, 11) is 0. The fraction of sp³-hybridized carbons (Fsp3) is 0. The molecule has 0 aliphatic carbocycles. The number of nitro benzene ring substituents is 1. The summed E-state index contributed by atoms with van der Waals surface area (Å²) in [5, 5.41) is 13.5. The minimum absolute atomic E-state index is 0.0565. The number of carbonyl (C=O) groups is 1. The van der Waals surface area contributed by atoms with E-state index in [1.807, 2.05) is 24.3 Å². The summed E-state index contributed by atoms with van der Waals surface area (Å²) < 4.78 is 0.731. The van der Waals surface area contributed by atoms with Crippen LogP contribution < -0.4 is 5.32 Å². The molecule has 1 amide bonds. The van der Waals surface area contributed by atoms with Gasteiger partial charge < -0.3 is 5.32 Å². The number of benzene rings is 3. The molecule has 0 saturated carbocycles. The van der Waals surface area contributed by atoms with Crippen molar-refractivity contribution in [2.75, 3.05) is 5.32 Å². The second kappa shape index (κ2) is 7.27. The Morgan fingerprint density at radius 3 is 2.00 bits per heavy atom. The van der Waals surface area contributed by atoms with Crippen molar-refractivity contribution in [1.29, 1.82) is 0 Å². The number of nitrogens with zero attached hydrogens (tertiary/aromatic N) is 1. The van der Waals surface area contributed by atoms with E-state index in [0.717, 1.165) is 15.6 Å². The predicted octanol–water partition coefficient (Wildman–Crippen LogP) is 5.28. The quantitative estimate of drug-likeness (QED) is 0.481. The fourth-order valence-corrected chi connectivity index (χ4v) is 2.83. The van der Waals surface area contributed by atoms with E-state index in [1.54, 1.807) is 36.4 Å². The number of amides is 1. The zero-order chi connectivity index (χ0) is 17.8. The normalized spacial score (nSPS) is 10.3. The van der Waals surface area contributed by atoms with E-state index in [-0.39, 0.29) is 11.6 Å². The van der Waals surface area contributed by atoms with Crippen LogP contribution in [-0.4, -0.2) is 10.8 Å². The van der Waals surface area contributed by atoms with Crippen LogP contribution in [0.4, 0.5) is 11.4 Å². The van der Waals surface area contributed by atoms with Gasteiger partial charge in [0.05, 0.1) is 10.5 Å². The molecule has 3 aromatic rings. The van der Waals surface area contributed by atoms with Crippen molar-refractivity contribution in [2.24, 2.45) is 0 Å². The molecule has 0 spiro atoms. The van der Waals surface area contributed by atoms with Gasteiger partial charge in [-0.2, -0.15) is 0 Å². The molecule has 0 aromatic heterocycles. The van der Waals surface area contributed by atoms with Crippen molar-refractivity contribution in [2.45, 2.75) is 0 Å². The summed E-state index contributed by atoms with van der Waals surface area (Å²) in [4.78, 5) is 22.6. The van der Waals surface area contributed by atoms with Gasteiger partial charge in [-0.15, -0.1) is 0 Å². The molecule has 124 valence electrons. The molecule has 6 heteroatoms. The van der Waals surface area contributed by atoms with E-state index in [0.29, 0.717) is 11.3 Å². The Labute approximate surface area is 152 Å². The molecular formula is C19H13BrN2O3. The first-order valence-electron chi connectivity index (χ1n) is 7.45. The Bertz CT molecular complexity index is 922. The van der Waals surface area contributed by atoms with Crippen LogP contribution in [0.1, 0.15) is 10.4 Å². The Hall–Kier alpha value is -2.99. The van der Waals surface area contributed by atoms with Crippen LogP contribution in [-0.2, 0) is 0 Å². The molecule has 0 aliphatic heterocycles. The van der Waals surface area contributed by atoms with Gasteiger partial charge in [0.1, 0.15) is 0 Å². The summed E-state index contributed by atoms with van der Waals surface area (Å²) in [6, 6.07) is 20.9. The van der Waals surface area contributed by atoms with Crippen molar-refractivity contribution >= 4 is 33.2 Å². The molecule has 0 heterocycles. The summed E-state index contributed by atoms with van der Waals surface area (Å²) >= 11 is 3.36. The Morgan fingerprint density at radius 1 is 0.880 bits per heavy atom. The maximum absolute atomic E-state index is 12.3. The number of hydrogen-bond acceptors (Lipinski definition) is 3. The smallest absolute Gasteiger partial charge is 0.269 e. The van der Waals surface area contributed by atoms with Gasteiger partial charge in [-0.05, 0) is 63.5 Å². The third-order valence-electron chi connectivity index (χ3n) is 3.67. The topological polar surface area (TPSA) is 72.2 Å². The molecule has 3 aromatic carbocycles. The highest BCUT2D eigenvalue weighted by atomic mass is 79.9. The zero-order valence-corrected chi connectivity index (χ0v) is 14.6. The van der Waals surface area contributed by atoms with Crippen LogP contribution in [0.5, 0.6) is 0 Å². The van der Waals surface area contributed by atoms with Crippen molar-refractivity contribution in [1.82, 2.24) is 0 Å². The first-order valence-corrected chi connectivity index (χ1v) is 8.24. The summed E-state index contributed by atoms with van der Waals surface area (Å²) in [5.41, 5.74) is 3.07. The Morgan fingerprint density at radius 2 is 1.44 bits per heavy atom. The van der Waals surface area contributed by atoms with Crippen LogP contribution in [0.3, 0.4) is 0 Å². The molecule has 0 bridgehead atoms. The predicted molar refractivity (Wildman–Crippen MR) is 101 cm³/mol. The van der Waals surface area contributed by atoms with Gasteiger partial charge in [-0.25, -0.2) is 0 Å². The van der Waals surface area contributed by atoms with E-state index >= 15 is 0 Å². The minimum Gasteiger partial charge on any atom is -0.322 e. The van der Waals surface area contributed by atoms with Crippen molar-refractivity contribution < 1.29 is 9.72 Å². The zero-order valence-electron chi connectivity index (χ0n) is 13.0. The number of halogens is 1. The van der Waals surface area contributed by atoms with E-state index in [4.69, 9.17) is 0 Å². The average molecular weight is 397 g/mol. The van der Waals surface area contributed by atoms with Gasteiger partial charge in [-0.3, -0.25) is 14.9 Å². The van der Waals surface area contributed by atoms with Gasteiger partial charge >= 0.3 is 0 Å². The molecular weight excluding hydrogens is 384 g/mol. The maximum atomic E-state index is 12.3. The van der Waals surface area contributed by atoms with Gasteiger partial charge in [0.2, 0.25) is 0 Å². The highest BCUT2D eigenvalue weighted by molar-refractivity contribution is 9.10. The number of rotatable bonds is 4. The summed E-state index contributed by atoms with van der Waals surface area (Å²) in [5.74, 6) is -0.199. The lowest BCUT2D eigenvalue weighted by atomic mass is 10.0. The SMILES string of the molecule is O=C(Nc1ccc(-c2ccc([N+](=O)[O-])cc2)cc1)c1ccccc1Br. The highest BCUT2D eigenvalue weighted by Crippen LogP contribution is 2.24. The largest absolute Gasteiger partial charge is 0.322 e. The van der Waals surface area contributed by atoms with E-state index in [1.165, 1.54) is 12.1 Å². The first kappa shape index (κ1) is 16.9. The van der Waals surface area contributed by atoms with Crippen molar-refractivity contribution in [3.63, 3.8) is 0 Å². The third kappa shape index (κ3) is 3.92. The van der Waals surface area contributed by atoms with E-state index in [2.05, 4.69) is 21.2 Å². The van der Waals surface area contributed by atoms with Gasteiger partial charge in [0, 0.05) is 22.3 Å². The summed E-state index contributed by atoms with van der Waals surface area (Å²) in [6.07, 6.45) is 0. The lowest BCUT2D eigenvalue weighted by Gasteiger charge is -2.08. The van der Waals surface area contributed by atoms with Crippen LogP contribution in [0.25, 0.3) is 11.1 Å². The number of carbonyl (C=O) groups excluding carboxylic acids is 1. The number of nitrogens with one attached hydrogen (secondary N) is 1. The van der Waals surface area contributed by atoms with Crippen molar-refractivity contribution in [3.8, 4) is 11.1 Å². The van der Waals surface area contributed by atoms with Crippen LogP contribution in [0, 0.1) is 10.1 Å². The van der Waals surface area contributed by atoms with E-state index < -0.39 is 4.92 Å². The van der Waals surface area contributed by atoms with Crippen LogP contribution in [0.2, 0.25) is 0 Å². The average Bonchev–Trinajstić information content (AvgIpc) is 2.63. The van der Waals surface area contributed by atoms with Crippen LogP contribution in [0.15, 0.2) is 77.3 Å². The molecule has 0 radical (unpaired) electrons. The Kier molecular flexibility index (Phi) is 4.90. The highest BCUT2D eigenvalue weighted by Gasteiger charge is 2.10.